The molecule has 1 aromatic carbocycles. The molecule has 0 saturated carbocycles. The molecule has 4 amide bonds. The number of carbonyl (C=O) groups is 4. The van der Waals surface area contributed by atoms with E-state index >= 15 is 0 Å². The van der Waals surface area contributed by atoms with Crippen molar-refractivity contribution < 1.29 is 19.2 Å². The number of hydrogen-bond donors (Lipinski definition) is 3. The van der Waals surface area contributed by atoms with Gasteiger partial charge in [0.1, 0.15) is 6.04 Å². The number of benzene rings is 1. The van der Waals surface area contributed by atoms with Crippen LogP contribution in [0.5, 0.6) is 0 Å². The molecule has 1 aliphatic rings. The average Bonchev–Trinajstić information content (AvgIpc) is 3.28. The maximum Gasteiger partial charge on any atom is 0.246 e. The monoisotopic (exact) mass is 501 g/mol. The summed E-state index contributed by atoms with van der Waals surface area (Å²) in [5.74, 6) is -1.40. The number of nitrogens with one attached hydrogen (secondary N) is 3. The average molecular weight is 502 g/mol. The molecule has 1 heterocycles. The normalized spacial score (nSPS) is 19.4. The Balaban J connectivity index is 2.33. The molecule has 1 saturated heterocycles. The van der Waals surface area contributed by atoms with Crippen LogP contribution in [0.1, 0.15) is 53.5 Å². The molecule has 1 aliphatic heterocycles. The first-order valence-corrected chi connectivity index (χ1v) is 12.8. The van der Waals surface area contributed by atoms with Crippen LogP contribution in [0.2, 0.25) is 0 Å². The van der Waals surface area contributed by atoms with E-state index in [1.165, 1.54) is 6.92 Å². The van der Waals surface area contributed by atoms with E-state index in [-0.39, 0.29) is 36.7 Å². The Hall–Kier alpha value is -2.94. The van der Waals surface area contributed by atoms with Crippen molar-refractivity contribution in [1.82, 2.24) is 25.8 Å². The van der Waals surface area contributed by atoms with Crippen molar-refractivity contribution in [3.05, 3.63) is 35.9 Å². The van der Waals surface area contributed by atoms with Gasteiger partial charge >= 0.3 is 0 Å². The number of carbonyl (C=O) groups excluding carboxylic acids is 4. The molecule has 3 N–H and O–H groups in total. The first kappa shape index (κ1) is 29.3. The topological polar surface area (TPSA) is 111 Å². The van der Waals surface area contributed by atoms with E-state index in [4.69, 9.17) is 0 Å². The van der Waals surface area contributed by atoms with Crippen molar-refractivity contribution in [3.8, 4) is 0 Å². The van der Waals surface area contributed by atoms with Crippen molar-refractivity contribution in [2.45, 2.75) is 72.6 Å². The van der Waals surface area contributed by atoms with Crippen LogP contribution in [0.15, 0.2) is 30.3 Å². The zero-order chi connectivity index (χ0) is 27.0. The van der Waals surface area contributed by atoms with Gasteiger partial charge in [0.05, 0.1) is 18.0 Å². The first-order valence-electron chi connectivity index (χ1n) is 12.8. The van der Waals surface area contributed by atoms with Crippen LogP contribution in [-0.2, 0) is 25.7 Å². The molecule has 36 heavy (non-hydrogen) atoms. The SMILES string of the molecule is CCCN(C(=O)C(NC(=O)C(C)NC)C(C)(C)C)C1CN(C(C)=O)CC1C(=O)NCc1ccccc1. The lowest BCUT2D eigenvalue weighted by Crippen LogP contribution is -2.60. The second-order valence-electron chi connectivity index (χ2n) is 10.7. The number of hydrogen-bond acceptors (Lipinski definition) is 5. The van der Waals surface area contributed by atoms with Crippen LogP contribution < -0.4 is 16.0 Å². The van der Waals surface area contributed by atoms with Crippen molar-refractivity contribution in [2.24, 2.45) is 11.3 Å². The minimum absolute atomic E-state index is 0.134. The summed E-state index contributed by atoms with van der Waals surface area (Å²) in [6, 6.07) is 7.88. The third-order valence-electron chi connectivity index (χ3n) is 6.75. The van der Waals surface area contributed by atoms with Gasteiger partial charge in [0.2, 0.25) is 23.6 Å². The number of nitrogens with zero attached hydrogens (tertiary/aromatic N) is 2. The van der Waals surface area contributed by atoms with Crippen LogP contribution in [0, 0.1) is 11.3 Å². The molecule has 200 valence electrons. The predicted molar refractivity (Wildman–Crippen MR) is 140 cm³/mol. The van der Waals surface area contributed by atoms with Gasteiger partial charge in [-0.25, -0.2) is 0 Å². The van der Waals surface area contributed by atoms with E-state index in [2.05, 4.69) is 16.0 Å². The molecule has 9 heteroatoms. The zero-order valence-electron chi connectivity index (χ0n) is 22.8. The van der Waals surface area contributed by atoms with Gasteiger partial charge in [-0.15, -0.1) is 0 Å². The summed E-state index contributed by atoms with van der Waals surface area (Å²) >= 11 is 0. The fraction of sp³-hybridized carbons (Fsp3) is 0.630. The Morgan fingerprint density at radius 2 is 1.75 bits per heavy atom. The Labute approximate surface area is 215 Å². The molecule has 2 rings (SSSR count). The summed E-state index contributed by atoms with van der Waals surface area (Å²) in [7, 11) is 1.69. The molecule has 9 nitrogen and oxygen atoms in total. The number of likely N-dealkylation sites (N-methyl/N-ethyl adjacent to an activating group) is 1. The number of amides is 4. The fourth-order valence-corrected chi connectivity index (χ4v) is 4.43. The third-order valence-corrected chi connectivity index (χ3v) is 6.75. The van der Waals surface area contributed by atoms with Gasteiger partial charge in [0.25, 0.3) is 0 Å². The van der Waals surface area contributed by atoms with Gasteiger partial charge in [-0.2, -0.15) is 0 Å². The second kappa shape index (κ2) is 12.9. The maximum absolute atomic E-state index is 14.0. The highest BCUT2D eigenvalue weighted by atomic mass is 16.2. The Morgan fingerprint density at radius 1 is 1.11 bits per heavy atom. The molecule has 0 aliphatic carbocycles. The minimum Gasteiger partial charge on any atom is -0.352 e. The molecule has 0 bridgehead atoms. The van der Waals surface area contributed by atoms with Crippen molar-refractivity contribution in [3.63, 3.8) is 0 Å². The molecular formula is C27H43N5O4. The van der Waals surface area contributed by atoms with Gasteiger partial charge in [0.15, 0.2) is 0 Å². The van der Waals surface area contributed by atoms with Crippen molar-refractivity contribution in [2.75, 3.05) is 26.7 Å². The summed E-state index contributed by atoms with van der Waals surface area (Å²) in [4.78, 5) is 55.6. The number of likely N-dealkylation sites (tertiary alicyclic amines) is 1. The molecule has 1 fully saturated rings. The molecule has 0 radical (unpaired) electrons. The lowest BCUT2D eigenvalue weighted by atomic mass is 9.84. The van der Waals surface area contributed by atoms with Gasteiger partial charge < -0.3 is 25.8 Å². The van der Waals surface area contributed by atoms with E-state index in [0.29, 0.717) is 19.5 Å². The quantitative estimate of drug-likeness (QED) is 0.450. The van der Waals surface area contributed by atoms with Gasteiger partial charge in [-0.05, 0) is 31.4 Å². The largest absolute Gasteiger partial charge is 0.352 e. The van der Waals surface area contributed by atoms with E-state index in [1.807, 2.05) is 58.0 Å². The molecule has 4 atom stereocenters. The van der Waals surface area contributed by atoms with Gasteiger partial charge in [-0.1, -0.05) is 58.0 Å². The summed E-state index contributed by atoms with van der Waals surface area (Å²) in [6.07, 6.45) is 0.679. The number of rotatable bonds is 10. The molecule has 4 unspecified atom stereocenters. The van der Waals surface area contributed by atoms with Crippen LogP contribution in [-0.4, -0.2) is 78.2 Å². The highest BCUT2D eigenvalue weighted by molar-refractivity contribution is 5.91. The molecule has 1 aromatic rings. The summed E-state index contributed by atoms with van der Waals surface area (Å²) in [5, 5.41) is 8.81. The summed E-state index contributed by atoms with van der Waals surface area (Å²) < 4.78 is 0. The second-order valence-corrected chi connectivity index (χ2v) is 10.7. The van der Waals surface area contributed by atoms with Gasteiger partial charge in [0, 0.05) is 33.1 Å². The zero-order valence-corrected chi connectivity index (χ0v) is 22.8. The lowest BCUT2D eigenvalue weighted by molar-refractivity contribution is -0.143. The fourth-order valence-electron chi connectivity index (χ4n) is 4.43. The summed E-state index contributed by atoms with van der Waals surface area (Å²) in [6.45, 7) is 12.2. The van der Waals surface area contributed by atoms with E-state index in [9.17, 15) is 19.2 Å². The van der Waals surface area contributed by atoms with E-state index in [1.54, 1.807) is 23.8 Å². The maximum atomic E-state index is 14.0. The molecule has 0 spiro atoms. The summed E-state index contributed by atoms with van der Waals surface area (Å²) in [5.41, 5.74) is 0.412. The third kappa shape index (κ3) is 7.53. The molecular weight excluding hydrogens is 458 g/mol. The Morgan fingerprint density at radius 3 is 2.28 bits per heavy atom. The smallest absolute Gasteiger partial charge is 0.246 e. The van der Waals surface area contributed by atoms with E-state index < -0.39 is 29.5 Å². The van der Waals surface area contributed by atoms with Crippen LogP contribution in [0.25, 0.3) is 0 Å². The highest BCUT2D eigenvalue weighted by Crippen LogP contribution is 2.28. The molecule has 0 aromatic heterocycles. The van der Waals surface area contributed by atoms with Crippen molar-refractivity contribution in [1.29, 1.82) is 0 Å². The van der Waals surface area contributed by atoms with E-state index in [0.717, 1.165) is 5.56 Å². The predicted octanol–water partition coefficient (Wildman–Crippen LogP) is 1.53. The lowest BCUT2D eigenvalue weighted by Gasteiger charge is -2.39. The van der Waals surface area contributed by atoms with Crippen LogP contribution >= 0.6 is 0 Å². The van der Waals surface area contributed by atoms with Crippen molar-refractivity contribution >= 4 is 23.6 Å². The van der Waals surface area contributed by atoms with Crippen LogP contribution in [0.4, 0.5) is 0 Å². The van der Waals surface area contributed by atoms with Gasteiger partial charge in [-0.3, -0.25) is 19.2 Å². The first-order chi connectivity index (χ1) is 16.9. The Kier molecular flexibility index (Phi) is 10.5. The highest BCUT2D eigenvalue weighted by Gasteiger charge is 2.46. The minimum atomic E-state index is -0.785. The van der Waals surface area contributed by atoms with Crippen LogP contribution in [0.3, 0.4) is 0 Å². The standard InChI is InChI=1S/C27H43N5O4/c1-8-14-32(26(36)23(27(4,5)6)30-24(34)18(2)28-7)22-17-31(19(3)33)16-21(22)25(35)29-15-20-12-10-9-11-13-20/h9-13,18,21-23,28H,8,14-17H2,1-7H3,(H,29,35)(H,30,34). The Bertz CT molecular complexity index is 914.